The van der Waals surface area contributed by atoms with Crippen LogP contribution in [0.4, 0.5) is 0 Å². The lowest BCUT2D eigenvalue weighted by molar-refractivity contribution is 0.0629. The third-order valence-electron chi connectivity index (χ3n) is 4.06. The van der Waals surface area contributed by atoms with Crippen LogP contribution >= 0.6 is 12.4 Å². The van der Waals surface area contributed by atoms with Crippen LogP contribution in [0.3, 0.4) is 0 Å². The monoisotopic (exact) mass is 309 g/mol. The first-order valence-corrected chi connectivity index (χ1v) is 7.10. The summed E-state index contributed by atoms with van der Waals surface area (Å²) in [4.78, 5) is 28.0. The Morgan fingerprint density at radius 1 is 1.10 bits per heavy atom. The average molecular weight is 310 g/mol. The van der Waals surface area contributed by atoms with Crippen molar-refractivity contribution in [3.8, 4) is 0 Å². The summed E-state index contributed by atoms with van der Waals surface area (Å²) in [5.41, 5.74) is 6.99. The molecule has 0 bridgehead atoms. The van der Waals surface area contributed by atoms with Crippen LogP contribution in [0.5, 0.6) is 0 Å². The van der Waals surface area contributed by atoms with Gasteiger partial charge in [-0.1, -0.05) is 12.1 Å². The maximum atomic E-state index is 12.2. The van der Waals surface area contributed by atoms with Gasteiger partial charge in [-0.25, -0.2) is 0 Å². The number of rotatable bonds is 3. The minimum Gasteiger partial charge on any atom is -0.327 e. The summed E-state index contributed by atoms with van der Waals surface area (Å²) >= 11 is 0. The molecule has 21 heavy (non-hydrogen) atoms. The van der Waals surface area contributed by atoms with E-state index in [9.17, 15) is 9.59 Å². The number of fused-ring (bicyclic) bond motifs is 1. The van der Waals surface area contributed by atoms with E-state index in [0.717, 1.165) is 25.9 Å². The van der Waals surface area contributed by atoms with E-state index in [-0.39, 0.29) is 30.3 Å². The molecule has 0 saturated carbocycles. The zero-order chi connectivity index (χ0) is 14.1. The van der Waals surface area contributed by atoms with Crippen LogP contribution < -0.4 is 5.73 Å². The topological polar surface area (TPSA) is 66.6 Å². The number of hydrogen-bond acceptors (Lipinski definition) is 4. The number of imide groups is 1. The number of nitrogens with two attached hydrogens (primary N) is 1. The van der Waals surface area contributed by atoms with Crippen LogP contribution in [-0.2, 0) is 0 Å². The fourth-order valence-electron chi connectivity index (χ4n) is 2.98. The molecule has 1 fully saturated rings. The van der Waals surface area contributed by atoms with Gasteiger partial charge in [0.2, 0.25) is 0 Å². The predicted molar refractivity (Wildman–Crippen MR) is 82.7 cm³/mol. The van der Waals surface area contributed by atoms with Crippen LogP contribution in [-0.4, -0.2) is 53.8 Å². The van der Waals surface area contributed by atoms with Gasteiger partial charge in [-0.05, 0) is 31.5 Å². The molecule has 1 aromatic rings. The van der Waals surface area contributed by atoms with Gasteiger partial charge in [0.25, 0.3) is 11.8 Å². The number of likely N-dealkylation sites (tertiary alicyclic amines) is 1. The molecule has 5 nitrogen and oxygen atoms in total. The van der Waals surface area contributed by atoms with Crippen LogP contribution in [0.1, 0.15) is 33.6 Å². The largest absolute Gasteiger partial charge is 0.327 e. The van der Waals surface area contributed by atoms with E-state index in [0.29, 0.717) is 24.2 Å². The zero-order valence-corrected chi connectivity index (χ0v) is 12.6. The van der Waals surface area contributed by atoms with E-state index in [4.69, 9.17) is 5.73 Å². The number of amides is 2. The molecule has 0 aliphatic carbocycles. The highest BCUT2D eigenvalue weighted by atomic mass is 35.5. The molecule has 0 aromatic heterocycles. The van der Waals surface area contributed by atoms with Crippen molar-refractivity contribution >= 4 is 24.2 Å². The molecule has 1 unspecified atom stereocenters. The zero-order valence-electron chi connectivity index (χ0n) is 11.8. The van der Waals surface area contributed by atoms with Crippen molar-refractivity contribution in [1.29, 1.82) is 0 Å². The van der Waals surface area contributed by atoms with Gasteiger partial charge in [0.05, 0.1) is 11.1 Å². The summed E-state index contributed by atoms with van der Waals surface area (Å²) in [6.07, 6.45) is 2.15. The van der Waals surface area contributed by atoms with Gasteiger partial charge in [-0.15, -0.1) is 12.4 Å². The van der Waals surface area contributed by atoms with Gasteiger partial charge in [-0.2, -0.15) is 0 Å². The van der Waals surface area contributed by atoms with Crippen molar-refractivity contribution in [3.63, 3.8) is 0 Å². The number of halogens is 1. The molecule has 2 aliphatic rings. The highest BCUT2D eigenvalue weighted by Gasteiger charge is 2.35. The summed E-state index contributed by atoms with van der Waals surface area (Å²) in [5.74, 6) is -0.348. The van der Waals surface area contributed by atoms with E-state index in [1.807, 2.05) is 0 Å². The summed E-state index contributed by atoms with van der Waals surface area (Å²) in [5, 5.41) is 0. The Hall–Kier alpha value is -1.43. The Morgan fingerprint density at radius 3 is 2.29 bits per heavy atom. The average Bonchev–Trinajstić information content (AvgIpc) is 2.70. The molecule has 2 amide bonds. The smallest absolute Gasteiger partial charge is 0.261 e. The third kappa shape index (κ3) is 3.10. The van der Waals surface area contributed by atoms with Crippen LogP contribution in [0.2, 0.25) is 0 Å². The van der Waals surface area contributed by atoms with Crippen molar-refractivity contribution in [1.82, 2.24) is 9.80 Å². The lowest BCUT2D eigenvalue weighted by Gasteiger charge is -2.31. The second kappa shape index (κ2) is 6.56. The van der Waals surface area contributed by atoms with Gasteiger partial charge in [0.15, 0.2) is 0 Å². The third-order valence-corrected chi connectivity index (χ3v) is 4.06. The summed E-state index contributed by atoms with van der Waals surface area (Å²) in [6.45, 7) is 3.00. The quantitative estimate of drug-likeness (QED) is 0.850. The standard InChI is InChI=1S/C15H19N3O2.ClH/c16-11-4-3-7-17(10-11)8-9-18-14(19)12-5-1-2-6-13(12)15(18)20;/h1-2,5-6,11H,3-4,7-10,16H2;1H. The number of carbonyl (C=O) groups is 2. The van der Waals surface area contributed by atoms with Crippen LogP contribution in [0.15, 0.2) is 24.3 Å². The van der Waals surface area contributed by atoms with Crippen molar-refractivity contribution in [2.45, 2.75) is 18.9 Å². The first kappa shape index (κ1) is 15.9. The molecule has 0 radical (unpaired) electrons. The van der Waals surface area contributed by atoms with E-state index >= 15 is 0 Å². The molecule has 1 saturated heterocycles. The van der Waals surface area contributed by atoms with E-state index < -0.39 is 0 Å². The minimum absolute atomic E-state index is 0. The second-order valence-corrected chi connectivity index (χ2v) is 5.51. The highest BCUT2D eigenvalue weighted by Crippen LogP contribution is 2.22. The molecule has 1 atom stereocenters. The molecule has 1 aromatic carbocycles. The lowest BCUT2D eigenvalue weighted by Crippen LogP contribution is -2.46. The summed E-state index contributed by atoms with van der Waals surface area (Å²) in [7, 11) is 0. The number of hydrogen-bond donors (Lipinski definition) is 1. The van der Waals surface area contributed by atoms with Gasteiger partial charge in [0, 0.05) is 25.7 Å². The Labute approximate surface area is 130 Å². The predicted octanol–water partition coefficient (Wildman–Crippen LogP) is 1.13. The molecule has 114 valence electrons. The van der Waals surface area contributed by atoms with Gasteiger partial charge >= 0.3 is 0 Å². The normalized spacial score (nSPS) is 22.1. The molecular weight excluding hydrogens is 290 g/mol. The Balaban J connectivity index is 0.00000161. The number of benzene rings is 1. The van der Waals surface area contributed by atoms with E-state index in [2.05, 4.69) is 4.90 Å². The first-order valence-electron chi connectivity index (χ1n) is 7.10. The summed E-state index contributed by atoms with van der Waals surface area (Å²) in [6, 6.07) is 7.22. The number of nitrogens with zero attached hydrogens (tertiary/aromatic N) is 2. The van der Waals surface area contributed by atoms with Crippen molar-refractivity contribution in [2.75, 3.05) is 26.2 Å². The molecule has 3 rings (SSSR count). The van der Waals surface area contributed by atoms with Gasteiger partial charge in [0.1, 0.15) is 0 Å². The van der Waals surface area contributed by atoms with Crippen molar-refractivity contribution < 1.29 is 9.59 Å². The van der Waals surface area contributed by atoms with Gasteiger partial charge in [-0.3, -0.25) is 14.5 Å². The number of carbonyl (C=O) groups excluding carboxylic acids is 2. The van der Waals surface area contributed by atoms with Crippen molar-refractivity contribution in [2.24, 2.45) is 5.73 Å². The molecule has 2 N–H and O–H groups in total. The fourth-order valence-corrected chi connectivity index (χ4v) is 2.98. The van der Waals surface area contributed by atoms with E-state index in [1.165, 1.54) is 4.90 Å². The highest BCUT2D eigenvalue weighted by molar-refractivity contribution is 6.21. The Bertz CT molecular complexity index is 514. The Morgan fingerprint density at radius 2 is 1.71 bits per heavy atom. The van der Waals surface area contributed by atoms with Gasteiger partial charge < -0.3 is 10.6 Å². The maximum absolute atomic E-state index is 12.2. The lowest BCUT2D eigenvalue weighted by atomic mass is 10.1. The van der Waals surface area contributed by atoms with Crippen LogP contribution in [0, 0.1) is 0 Å². The number of piperidine rings is 1. The molecule has 2 heterocycles. The maximum Gasteiger partial charge on any atom is 0.261 e. The van der Waals surface area contributed by atoms with E-state index in [1.54, 1.807) is 24.3 Å². The first-order chi connectivity index (χ1) is 9.66. The molecule has 0 spiro atoms. The van der Waals surface area contributed by atoms with Crippen molar-refractivity contribution in [3.05, 3.63) is 35.4 Å². The fraction of sp³-hybridized carbons (Fsp3) is 0.467. The minimum atomic E-state index is -0.174. The second-order valence-electron chi connectivity index (χ2n) is 5.51. The Kier molecular flexibility index (Phi) is 4.98. The molecule has 2 aliphatic heterocycles. The summed E-state index contributed by atoms with van der Waals surface area (Å²) < 4.78 is 0. The molecular formula is C15H20ClN3O2. The van der Waals surface area contributed by atoms with Crippen LogP contribution in [0.25, 0.3) is 0 Å². The SMILES string of the molecule is Cl.NC1CCCN(CCN2C(=O)c3ccccc3C2=O)C1. The molecule has 6 heteroatoms.